The number of unbranched alkanes of at least 4 members (excludes halogenated alkanes) is 2. The van der Waals surface area contributed by atoms with Crippen LogP contribution in [0.3, 0.4) is 0 Å². The van der Waals surface area contributed by atoms with Gasteiger partial charge in [0.05, 0.1) is 5.00 Å². The highest BCUT2D eigenvalue weighted by atomic mass is 32.1. The number of imide groups is 1. The van der Waals surface area contributed by atoms with Crippen LogP contribution in [0.25, 0.3) is 6.08 Å². The normalized spacial score (nSPS) is 15.8. The smallest absolute Gasteiger partial charge is 0.271 e. The van der Waals surface area contributed by atoms with Gasteiger partial charge >= 0.3 is 0 Å². The zero-order chi connectivity index (χ0) is 22.1. The first-order valence-electron chi connectivity index (χ1n) is 11.1. The molecular formula is C24H33N3O2S. The Bertz CT molecular complexity index is 860. The van der Waals surface area contributed by atoms with E-state index in [-0.39, 0.29) is 11.5 Å². The molecule has 0 fully saturated rings. The zero-order valence-corrected chi connectivity index (χ0v) is 19.5. The summed E-state index contributed by atoms with van der Waals surface area (Å²) >= 11 is 1.65. The van der Waals surface area contributed by atoms with Gasteiger partial charge in [-0.15, -0.1) is 11.3 Å². The molecule has 0 radical (unpaired) electrons. The SMILES string of the molecule is CCCCN1C(=O)C(C#N)=C(CCC)/C(=C/c2ccc(N(CC)CCCC)s2)C1=O. The molecule has 162 valence electrons. The Kier molecular flexibility index (Phi) is 9.32. The van der Waals surface area contributed by atoms with Gasteiger partial charge in [-0.2, -0.15) is 5.26 Å². The van der Waals surface area contributed by atoms with Crippen molar-refractivity contribution < 1.29 is 9.59 Å². The van der Waals surface area contributed by atoms with Crippen molar-refractivity contribution >= 4 is 34.2 Å². The quantitative estimate of drug-likeness (QED) is 0.343. The molecule has 0 unspecified atom stereocenters. The van der Waals surface area contributed by atoms with E-state index in [1.807, 2.05) is 26.0 Å². The van der Waals surface area contributed by atoms with E-state index in [1.165, 1.54) is 9.90 Å². The summed E-state index contributed by atoms with van der Waals surface area (Å²) in [5.41, 5.74) is 1.21. The Morgan fingerprint density at radius 3 is 2.40 bits per heavy atom. The van der Waals surface area contributed by atoms with Gasteiger partial charge < -0.3 is 4.90 Å². The molecule has 5 nitrogen and oxygen atoms in total. The lowest BCUT2D eigenvalue weighted by Crippen LogP contribution is -2.43. The van der Waals surface area contributed by atoms with Crippen molar-refractivity contribution in [3.05, 3.63) is 33.7 Å². The van der Waals surface area contributed by atoms with E-state index in [9.17, 15) is 14.9 Å². The van der Waals surface area contributed by atoms with Crippen LogP contribution in [0, 0.1) is 11.3 Å². The molecule has 0 aliphatic carbocycles. The van der Waals surface area contributed by atoms with Gasteiger partial charge in [-0.3, -0.25) is 14.5 Å². The maximum absolute atomic E-state index is 13.2. The molecule has 0 bridgehead atoms. The maximum atomic E-state index is 13.2. The van der Waals surface area contributed by atoms with Gasteiger partial charge in [-0.1, -0.05) is 40.0 Å². The largest absolute Gasteiger partial charge is 0.364 e. The van der Waals surface area contributed by atoms with Crippen LogP contribution >= 0.6 is 11.3 Å². The minimum absolute atomic E-state index is 0.119. The molecule has 1 aliphatic rings. The second-order valence-electron chi connectivity index (χ2n) is 7.50. The highest BCUT2D eigenvalue weighted by Crippen LogP contribution is 2.34. The van der Waals surface area contributed by atoms with Crippen LogP contribution < -0.4 is 4.90 Å². The van der Waals surface area contributed by atoms with Crippen molar-refractivity contribution in [3.8, 4) is 6.07 Å². The Morgan fingerprint density at radius 1 is 1.07 bits per heavy atom. The van der Waals surface area contributed by atoms with Crippen molar-refractivity contribution in [1.82, 2.24) is 4.90 Å². The van der Waals surface area contributed by atoms with E-state index in [2.05, 4.69) is 30.9 Å². The molecule has 0 saturated heterocycles. The minimum Gasteiger partial charge on any atom is -0.364 e. The van der Waals surface area contributed by atoms with Gasteiger partial charge in [0.2, 0.25) is 0 Å². The molecule has 1 aromatic rings. The van der Waals surface area contributed by atoms with E-state index in [0.717, 1.165) is 50.1 Å². The molecule has 0 saturated carbocycles. The summed E-state index contributed by atoms with van der Waals surface area (Å²) in [6, 6.07) is 6.20. The lowest BCUT2D eigenvalue weighted by molar-refractivity contribution is -0.140. The van der Waals surface area contributed by atoms with Crippen molar-refractivity contribution in [2.45, 2.75) is 66.2 Å². The van der Waals surface area contributed by atoms with Crippen molar-refractivity contribution in [1.29, 1.82) is 5.26 Å². The van der Waals surface area contributed by atoms with Crippen LogP contribution in [-0.4, -0.2) is 36.3 Å². The Balaban J connectivity index is 2.46. The molecule has 1 aromatic heterocycles. The number of thiophene rings is 1. The van der Waals surface area contributed by atoms with Crippen molar-refractivity contribution in [2.24, 2.45) is 0 Å². The summed E-state index contributed by atoms with van der Waals surface area (Å²) in [5, 5.41) is 10.8. The standard InChI is InChI=1S/C24H33N3O2S/c1-5-9-14-26(8-4)22-13-12-18(30-22)16-20-19(11-7-3)21(17-25)24(29)27(23(20)28)15-10-6-2/h12-13,16H,5-11,14-15H2,1-4H3/b20-16-. The highest BCUT2D eigenvalue weighted by molar-refractivity contribution is 7.17. The average Bonchev–Trinajstić information content (AvgIpc) is 3.20. The minimum atomic E-state index is -0.444. The third-order valence-corrected chi connectivity index (χ3v) is 6.38. The molecule has 2 rings (SSSR count). The van der Waals surface area contributed by atoms with Crippen LogP contribution in [0.1, 0.15) is 71.1 Å². The molecule has 0 atom stereocenters. The fraction of sp³-hybridized carbons (Fsp3) is 0.542. The summed E-state index contributed by atoms with van der Waals surface area (Å²) in [6.07, 6.45) is 7.09. The third kappa shape index (κ3) is 5.40. The summed E-state index contributed by atoms with van der Waals surface area (Å²) in [4.78, 5) is 30.6. The predicted molar refractivity (Wildman–Crippen MR) is 124 cm³/mol. The van der Waals surface area contributed by atoms with Gasteiger partial charge in [0.1, 0.15) is 11.6 Å². The average molecular weight is 428 g/mol. The summed E-state index contributed by atoms with van der Waals surface area (Å²) in [5.74, 6) is -0.718. The van der Waals surface area contributed by atoms with Gasteiger partial charge in [-0.25, -0.2) is 0 Å². The van der Waals surface area contributed by atoms with Gasteiger partial charge in [-0.05, 0) is 50.0 Å². The topological polar surface area (TPSA) is 64.4 Å². The molecule has 30 heavy (non-hydrogen) atoms. The van der Waals surface area contributed by atoms with Crippen LogP contribution in [0.15, 0.2) is 28.9 Å². The molecule has 0 spiro atoms. The molecule has 2 amide bonds. The van der Waals surface area contributed by atoms with E-state index in [4.69, 9.17) is 0 Å². The lowest BCUT2D eigenvalue weighted by Gasteiger charge is -2.28. The second-order valence-corrected chi connectivity index (χ2v) is 8.59. The van der Waals surface area contributed by atoms with E-state index in [1.54, 1.807) is 11.3 Å². The number of rotatable bonds is 11. The van der Waals surface area contributed by atoms with E-state index < -0.39 is 5.91 Å². The van der Waals surface area contributed by atoms with E-state index in [0.29, 0.717) is 24.1 Å². The second kappa shape index (κ2) is 11.7. The Morgan fingerprint density at radius 2 is 1.80 bits per heavy atom. The summed E-state index contributed by atoms with van der Waals surface area (Å²) < 4.78 is 0. The van der Waals surface area contributed by atoms with Crippen molar-refractivity contribution in [3.63, 3.8) is 0 Å². The molecule has 1 aliphatic heterocycles. The first-order valence-corrected chi connectivity index (χ1v) is 11.9. The fourth-order valence-electron chi connectivity index (χ4n) is 3.56. The van der Waals surface area contributed by atoms with Crippen LogP contribution in [0.2, 0.25) is 0 Å². The number of amides is 2. The first-order chi connectivity index (χ1) is 14.5. The number of carbonyl (C=O) groups excluding carboxylic acids is 2. The molecule has 2 heterocycles. The molecule has 0 aromatic carbocycles. The van der Waals surface area contributed by atoms with Gasteiger partial charge in [0, 0.05) is 30.1 Å². The lowest BCUT2D eigenvalue weighted by atomic mass is 9.90. The predicted octanol–water partition coefficient (Wildman–Crippen LogP) is 5.55. The van der Waals surface area contributed by atoms with E-state index >= 15 is 0 Å². The highest BCUT2D eigenvalue weighted by Gasteiger charge is 2.36. The number of carbonyl (C=O) groups is 2. The number of nitrogens with zero attached hydrogens (tertiary/aromatic N) is 3. The summed E-state index contributed by atoms with van der Waals surface area (Å²) in [6.45, 7) is 10.7. The molecule has 6 heteroatoms. The Hall–Kier alpha value is -2.39. The number of anilines is 1. The third-order valence-electron chi connectivity index (χ3n) is 5.28. The molecule has 0 N–H and O–H groups in total. The zero-order valence-electron chi connectivity index (χ0n) is 18.7. The van der Waals surface area contributed by atoms with Gasteiger partial charge in [0.15, 0.2) is 0 Å². The van der Waals surface area contributed by atoms with Crippen LogP contribution in [0.4, 0.5) is 5.00 Å². The van der Waals surface area contributed by atoms with Crippen LogP contribution in [0.5, 0.6) is 0 Å². The monoisotopic (exact) mass is 427 g/mol. The number of nitriles is 1. The number of hydrogen-bond acceptors (Lipinski definition) is 5. The van der Waals surface area contributed by atoms with Crippen LogP contribution in [-0.2, 0) is 9.59 Å². The molecular weight excluding hydrogens is 394 g/mol. The maximum Gasteiger partial charge on any atom is 0.271 e. The Labute approximate surface area is 184 Å². The first kappa shape index (κ1) is 23.9. The number of hydrogen-bond donors (Lipinski definition) is 0. The fourth-order valence-corrected chi connectivity index (χ4v) is 4.60. The van der Waals surface area contributed by atoms with Gasteiger partial charge in [0.25, 0.3) is 11.8 Å². The van der Waals surface area contributed by atoms with Crippen molar-refractivity contribution in [2.75, 3.05) is 24.5 Å². The summed E-state index contributed by atoms with van der Waals surface area (Å²) in [7, 11) is 0.